The van der Waals surface area contributed by atoms with Crippen molar-refractivity contribution in [3.8, 4) is 0 Å². The van der Waals surface area contributed by atoms with Gasteiger partial charge in [-0.3, -0.25) is 4.79 Å². The van der Waals surface area contributed by atoms with Gasteiger partial charge in [0.15, 0.2) is 0 Å². The standard InChI is InChI=1S/C7H12FNO/c1-4-6(5-8)7(10)9(2)3/h5H,4H2,1-3H3. The average Bonchev–Trinajstić information content (AvgIpc) is 1.90. The van der Waals surface area contributed by atoms with E-state index < -0.39 is 0 Å². The van der Waals surface area contributed by atoms with Gasteiger partial charge in [0.1, 0.15) is 0 Å². The average molecular weight is 145 g/mol. The van der Waals surface area contributed by atoms with Crippen LogP contribution in [0.2, 0.25) is 0 Å². The molecule has 0 bridgehead atoms. The molecule has 0 fully saturated rings. The van der Waals surface area contributed by atoms with Crippen molar-refractivity contribution in [2.24, 2.45) is 0 Å². The molecule has 0 aromatic heterocycles. The number of nitrogens with zero attached hydrogens (tertiary/aromatic N) is 1. The van der Waals surface area contributed by atoms with E-state index in [0.717, 1.165) is 0 Å². The highest BCUT2D eigenvalue weighted by Crippen LogP contribution is 2.03. The predicted molar refractivity (Wildman–Crippen MR) is 38.2 cm³/mol. The van der Waals surface area contributed by atoms with Gasteiger partial charge < -0.3 is 4.90 Å². The molecule has 0 aliphatic carbocycles. The topological polar surface area (TPSA) is 20.3 Å². The zero-order valence-electron chi connectivity index (χ0n) is 6.52. The monoisotopic (exact) mass is 145 g/mol. The third-order valence-electron chi connectivity index (χ3n) is 1.19. The summed E-state index contributed by atoms with van der Waals surface area (Å²) in [7, 11) is 3.20. The fraction of sp³-hybridized carbons (Fsp3) is 0.571. The first-order valence-electron chi connectivity index (χ1n) is 3.14. The summed E-state index contributed by atoms with van der Waals surface area (Å²) < 4.78 is 11.9. The van der Waals surface area contributed by atoms with Crippen LogP contribution in [-0.4, -0.2) is 24.9 Å². The summed E-state index contributed by atoms with van der Waals surface area (Å²) in [6, 6.07) is 0. The van der Waals surface area contributed by atoms with Crippen LogP contribution in [0.3, 0.4) is 0 Å². The molecule has 58 valence electrons. The molecule has 0 heterocycles. The van der Waals surface area contributed by atoms with Gasteiger partial charge in [0.2, 0.25) is 0 Å². The number of rotatable bonds is 2. The van der Waals surface area contributed by atoms with Gasteiger partial charge in [0.05, 0.1) is 6.33 Å². The van der Waals surface area contributed by atoms with Crippen LogP contribution in [0.4, 0.5) is 4.39 Å². The van der Waals surface area contributed by atoms with E-state index >= 15 is 0 Å². The second kappa shape index (κ2) is 4.04. The van der Waals surface area contributed by atoms with Crippen LogP contribution >= 0.6 is 0 Å². The van der Waals surface area contributed by atoms with E-state index in [2.05, 4.69) is 0 Å². The number of carbonyl (C=O) groups excluding carboxylic acids is 1. The minimum Gasteiger partial charge on any atom is -0.345 e. The molecule has 0 aromatic rings. The number of halogens is 1. The normalized spacial score (nSPS) is 11.4. The molecule has 0 saturated carbocycles. The zero-order chi connectivity index (χ0) is 8.15. The van der Waals surface area contributed by atoms with Crippen molar-refractivity contribution in [1.29, 1.82) is 0 Å². The van der Waals surface area contributed by atoms with Gasteiger partial charge in [0.25, 0.3) is 5.91 Å². The quantitative estimate of drug-likeness (QED) is 0.537. The molecule has 0 spiro atoms. The third-order valence-corrected chi connectivity index (χ3v) is 1.19. The highest BCUT2D eigenvalue weighted by Gasteiger charge is 2.08. The van der Waals surface area contributed by atoms with Crippen LogP contribution in [-0.2, 0) is 4.79 Å². The first-order chi connectivity index (χ1) is 4.63. The minimum atomic E-state index is -0.259. The Labute approximate surface area is 60.3 Å². The van der Waals surface area contributed by atoms with E-state index in [-0.39, 0.29) is 11.5 Å². The van der Waals surface area contributed by atoms with E-state index in [1.165, 1.54) is 4.90 Å². The van der Waals surface area contributed by atoms with Gasteiger partial charge in [-0.15, -0.1) is 0 Å². The highest BCUT2D eigenvalue weighted by molar-refractivity contribution is 5.92. The second-order valence-electron chi connectivity index (χ2n) is 2.19. The predicted octanol–water partition coefficient (Wildman–Crippen LogP) is 1.34. The number of likely N-dealkylation sites (N-methyl/N-ethyl adjacent to an activating group) is 1. The number of carbonyl (C=O) groups is 1. The Morgan fingerprint density at radius 3 is 2.20 bits per heavy atom. The number of hydrogen-bond donors (Lipinski definition) is 0. The summed E-state index contributed by atoms with van der Waals surface area (Å²) in [5, 5.41) is 0. The third kappa shape index (κ3) is 2.17. The molecule has 10 heavy (non-hydrogen) atoms. The lowest BCUT2D eigenvalue weighted by molar-refractivity contribution is -0.124. The van der Waals surface area contributed by atoms with E-state index in [0.29, 0.717) is 12.8 Å². The highest BCUT2D eigenvalue weighted by atomic mass is 19.1. The van der Waals surface area contributed by atoms with Crippen molar-refractivity contribution in [1.82, 2.24) is 4.90 Å². The largest absolute Gasteiger partial charge is 0.345 e. The van der Waals surface area contributed by atoms with Crippen LogP contribution in [0.5, 0.6) is 0 Å². The van der Waals surface area contributed by atoms with Gasteiger partial charge in [-0.1, -0.05) is 6.92 Å². The summed E-state index contributed by atoms with van der Waals surface area (Å²) in [5.41, 5.74) is 0.213. The molecule has 0 aromatic carbocycles. The lowest BCUT2D eigenvalue weighted by Gasteiger charge is -2.10. The molecule has 0 N–H and O–H groups in total. The van der Waals surface area contributed by atoms with Gasteiger partial charge in [0, 0.05) is 19.7 Å². The smallest absolute Gasteiger partial charge is 0.251 e. The van der Waals surface area contributed by atoms with Crippen LogP contribution < -0.4 is 0 Å². The summed E-state index contributed by atoms with van der Waals surface area (Å²) in [6.45, 7) is 1.74. The molecule has 0 aliphatic heterocycles. The maximum atomic E-state index is 11.9. The molecule has 2 nitrogen and oxygen atoms in total. The molecule has 0 atom stereocenters. The molecule has 0 aliphatic rings. The number of hydrogen-bond acceptors (Lipinski definition) is 1. The van der Waals surface area contributed by atoms with Gasteiger partial charge in [-0.05, 0) is 6.42 Å². The van der Waals surface area contributed by atoms with Gasteiger partial charge in [-0.2, -0.15) is 0 Å². The summed E-state index contributed by atoms with van der Waals surface area (Å²) in [4.78, 5) is 12.3. The summed E-state index contributed by atoms with van der Waals surface area (Å²) in [5.74, 6) is -0.259. The van der Waals surface area contributed by atoms with Crippen LogP contribution in [0.25, 0.3) is 0 Å². The molecule has 1 amide bonds. The van der Waals surface area contributed by atoms with Crippen LogP contribution in [0, 0.1) is 0 Å². The van der Waals surface area contributed by atoms with Crippen molar-refractivity contribution in [3.63, 3.8) is 0 Å². The van der Waals surface area contributed by atoms with Crippen LogP contribution in [0.1, 0.15) is 13.3 Å². The molecule has 3 heteroatoms. The number of amides is 1. The second-order valence-corrected chi connectivity index (χ2v) is 2.19. The molecule has 0 radical (unpaired) electrons. The zero-order valence-corrected chi connectivity index (χ0v) is 6.52. The fourth-order valence-electron chi connectivity index (χ4n) is 0.562. The lowest BCUT2D eigenvalue weighted by Crippen LogP contribution is -2.22. The SMILES string of the molecule is CCC(=CF)C(=O)N(C)C. The van der Waals surface area contributed by atoms with Crippen molar-refractivity contribution >= 4 is 5.91 Å². The molecular weight excluding hydrogens is 133 g/mol. The van der Waals surface area contributed by atoms with Crippen molar-refractivity contribution < 1.29 is 9.18 Å². The van der Waals surface area contributed by atoms with Crippen molar-refractivity contribution in [3.05, 3.63) is 11.9 Å². The first-order valence-corrected chi connectivity index (χ1v) is 3.14. The van der Waals surface area contributed by atoms with E-state index in [4.69, 9.17) is 0 Å². The molecule has 0 rings (SSSR count). The Kier molecular flexibility index (Phi) is 3.69. The Morgan fingerprint density at radius 2 is 2.10 bits per heavy atom. The Hall–Kier alpha value is -0.860. The maximum Gasteiger partial charge on any atom is 0.251 e. The molecule has 0 unspecified atom stereocenters. The van der Waals surface area contributed by atoms with Crippen molar-refractivity contribution in [2.45, 2.75) is 13.3 Å². The van der Waals surface area contributed by atoms with Crippen LogP contribution in [0.15, 0.2) is 11.9 Å². The molecule has 0 saturated heterocycles. The Bertz CT molecular complexity index is 152. The summed E-state index contributed by atoms with van der Waals surface area (Å²) >= 11 is 0. The van der Waals surface area contributed by atoms with E-state index in [1.54, 1.807) is 21.0 Å². The first kappa shape index (κ1) is 9.14. The van der Waals surface area contributed by atoms with Crippen molar-refractivity contribution in [2.75, 3.05) is 14.1 Å². The Balaban J connectivity index is 4.18. The van der Waals surface area contributed by atoms with E-state index in [9.17, 15) is 9.18 Å². The maximum absolute atomic E-state index is 11.9. The Morgan fingerprint density at radius 1 is 1.60 bits per heavy atom. The molecular formula is C7H12FNO. The lowest BCUT2D eigenvalue weighted by atomic mass is 10.2. The van der Waals surface area contributed by atoms with Gasteiger partial charge in [-0.25, -0.2) is 4.39 Å². The minimum absolute atomic E-state index is 0.213. The fourth-order valence-corrected chi connectivity index (χ4v) is 0.562. The van der Waals surface area contributed by atoms with Gasteiger partial charge >= 0.3 is 0 Å². The van der Waals surface area contributed by atoms with E-state index in [1.807, 2.05) is 0 Å². The summed E-state index contributed by atoms with van der Waals surface area (Å²) in [6.07, 6.45) is 0.801.